The van der Waals surface area contributed by atoms with Crippen molar-refractivity contribution in [3.8, 4) is 5.75 Å². The molecule has 1 heterocycles. The van der Waals surface area contributed by atoms with Crippen LogP contribution in [0.5, 0.6) is 5.75 Å². The SMILES string of the molecule is CN(C)C(=O)CN=C(NCCc1ccccc1)NC1CC(C)(C)Oc2ccccc21. The zero-order valence-corrected chi connectivity index (χ0v) is 18.3. The van der Waals surface area contributed by atoms with Crippen LogP contribution in [0.2, 0.25) is 0 Å². The Kier molecular flexibility index (Phi) is 6.98. The minimum absolute atomic E-state index is 0.0353. The lowest BCUT2D eigenvalue weighted by molar-refractivity contribution is -0.127. The van der Waals surface area contributed by atoms with E-state index in [1.165, 1.54) is 5.56 Å². The summed E-state index contributed by atoms with van der Waals surface area (Å²) in [6.07, 6.45) is 1.67. The molecule has 6 heteroatoms. The standard InChI is InChI=1S/C24H32N4O2/c1-24(2)16-20(19-12-8-9-13-21(19)30-24)27-23(26-17-22(29)28(3)4)25-15-14-18-10-6-5-7-11-18/h5-13,20H,14-17H2,1-4H3,(H2,25,26,27). The normalized spacial score (nSPS) is 17.5. The molecule has 0 saturated carbocycles. The number of nitrogens with one attached hydrogen (secondary N) is 2. The van der Waals surface area contributed by atoms with Gasteiger partial charge in [0.05, 0.1) is 6.04 Å². The summed E-state index contributed by atoms with van der Waals surface area (Å²) < 4.78 is 6.14. The molecule has 0 spiro atoms. The minimum Gasteiger partial charge on any atom is -0.487 e. The molecular weight excluding hydrogens is 376 g/mol. The Labute approximate surface area is 179 Å². The minimum atomic E-state index is -0.291. The summed E-state index contributed by atoms with van der Waals surface area (Å²) in [5.74, 6) is 1.49. The Hall–Kier alpha value is -3.02. The number of guanidine groups is 1. The second kappa shape index (κ2) is 9.65. The van der Waals surface area contributed by atoms with Crippen LogP contribution in [0.3, 0.4) is 0 Å². The number of amides is 1. The van der Waals surface area contributed by atoms with E-state index in [0.717, 1.165) is 30.7 Å². The van der Waals surface area contributed by atoms with Crippen LogP contribution in [0.1, 0.15) is 37.4 Å². The van der Waals surface area contributed by atoms with Crippen molar-refractivity contribution in [2.45, 2.75) is 38.3 Å². The van der Waals surface area contributed by atoms with Gasteiger partial charge in [0.15, 0.2) is 5.96 Å². The van der Waals surface area contributed by atoms with Gasteiger partial charge in [0.2, 0.25) is 5.91 Å². The van der Waals surface area contributed by atoms with Crippen LogP contribution in [0.15, 0.2) is 59.6 Å². The van der Waals surface area contributed by atoms with Gasteiger partial charge in [0.25, 0.3) is 0 Å². The molecule has 160 valence electrons. The molecule has 0 aromatic heterocycles. The van der Waals surface area contributed by atoms with Crippen LogP contribution in [0, 0.1) is 0 Å². The molecule has 0 bridgehead atoms. The van der Waals surface area contributed by atoms with Crippen molar-refractivity contribution in [2.24, 2.45) is 4.99 Å². The van der Waals surface area contributed by atoms with Crippen molar-refractivity contribution >= 4 is 11.9 Å². The average Bonchev–Trinajstić information content (AvgIpc) is 2.71. The van der Waals surface area contributed by atoms with Crippen molar-refractivity contribution in [2.75, 3.05) is 27.2 Å². The third kappa shape index (κ3) is 5.99. The summed E-state index contributed by atoms with van der Waals surface area (Å²) in [7, 11) is 3.48. The van der Waals surface area contributed by atoms with E-state index in [9.17, 15) is 4.79 Å². The first-order valence-corrected chi connectivity index (χ1v) is 10.4. The number of benzene rings is 2. The Bertz CT molecular complexity index is 878. The van der Waals surface area contributed by atoms with Crippen molar-refractivity contribution < 1.29 is 9.53 Å². The lowest BCUT2D eigenvalue weighted by atomic mass is 9.90. The summed E-state index contributed by atoms with van der Waals surface area (Å²) >= 11 is 0. The average molecular weight is 409 g/mol. The molecule has 0 aliphatic carbocycles. The van der Waals surface area contributed by atoms with E-state index in [0.29, 0.717) is 5.96 Å². The van der Waals surface area contributed by atoms with Gasteiger partial charge in [-0.15, -0.1) is 0 Å². The predicted molar refractivity (Wildman–Crippen MR) is 121 cm³/mol. The number of likely N-dealkylation sites (N-methyl/N-ethyl adjacent to an activating group) is 1. The second-order valence-electron chi connectivity index (χ2n) is 8.42. The molecular formula is C24H32N4O2. The maximum Gasteiger partial charge on any atom is 0.243 e. The van der Waals surface area contributed by atoms with E-state index in [-0.39, 0.29) is 24.1 Å². The van der Waals surface area contributed by atoms with Crippen molar-refractivity contribution in [1.29, 1.82) is 0 Å². The molecule has 1 unspecified atom stereocenters. The molecule has 0 fully saturated rings. The van der Waals surface area contributed by atoms with Crippen molar-refractivity contribution in [3.05, 3.63) is 65.7 Å². The van der Waals surface area contributed by atoms with Crippen LogP contribution in [0.4, 0.5) is 0 Å². The number of rotatable bonds is 6. The smallest absolute Gasteiger partial charge is 0.243 e. The van der Waals surface area contributed by atoms with Crippen LogP contribution in [-0.4, -0.2) is 49.6 Å². The first kappa shape index (κ1) is 21.7. The molecule has 1 aliphatic rings. The van der Waals surface area contributed by atoms with Crippen LogP contribution in [0.25, 0.3) is 0 Å². The Morgan fingerprint density at radius 2 is 1.83 bits per heavy atom. The maximum atomic E-state index is 12.1. The molecule has 1 atom stereocenters. The number of para-hydroxylation sites is 1. The molecule has 1 amide bonds. The highest BCUT2D eigenvalue weighted by Gasteiger charge is 2.34. The van der Waals surface area contributed by atoms with Gasteiger partial charge >= 0.3 is 0 Å². The highest BCUT2D eigenvalue weighted by atomic mass is 16.5. The monoisotopic (exact) mass is 408 g/mol. The number of hydrogen-bond donors (Lipinski definition) is 2. The largest absolute Gasteiger partial charge is 0.487 e. The lowest BCUT2D eigenvalue weighted by Crippen LogP contribution is -2.46. The van der Waals surface area contributed by atoms with Crippen LogP contribution >= 0.6 is 0 Å². The van der Waals surface area contributed by atoms with Gasteiger partial charge in [-0.1, -0.05) is 48.5 Å². The fourth-order valence-electron chi connectivity index (χ4n) is 3.51. The molecule has 2 N–H and O–H groups in total. The number of hydrogen-bond acceptors (Lipinski definition) is 3. The fourth-order valence-corrected chi connectivity index (χ4v) is 3.51. The van der Waals surface area contributed by atoms with E-state index in [4.69, 9.17) is 4.74 Å². The molecule has 0 saturated heterocycles. The van der Waals surface area contributed by atoms with E-state index in [1.807, 2.05) is 36.4 Å². The van der Waals surface area contributed by atoms with Gasteiger partial charge in [0.1, 0.15) is 17.9 Å². The van der Waals surface area contributed by atoms with Crippen LogP contribution < -0.4 is 15.4 Å². The molecule has 1 aliphatic heterocycles. The van der Waals surface area contributed by atoms with E-state index >= 15 is 0 Å². The summed E-state index contributed by atoms with van der Waals surface area (Å²) in [6, 6.07) is 18.4. The van der Waals surface area contributed by atoms with Gasteiger partial charge in [-0.3, -0.25) is 4.79 Å². The molecule has 0 radical (unpaired) electrons. The Morgan fingerprint density at radius 3 is 2.57 bits per heavy atom. The van der Waals surface area contributed by atoms with Gasteiger partial charge in [0, 0.05) is 32.6 Å². The lowest BCUT2D eigenvalue weighted by Gasteiger charge is -2.38. The number of fused-ring (bicyclic) bond motifs is 1. The maximum absolute atomic E-state index is 12.1. The number of aliphatic imine (C=N–C) groups is 1. The Morgan fingerprint density at radius 1 is 1.13 bits per heavy atom. The second-order valence-corrected chi connectivity index (χ2v) is 8.42. The van der Waals surface area contributed by atoms with Crippen LogP contribution in [-0.2, 0) is 11.2 Å². The number of ether oxygens (including phenoxy) is 1. The number of nitrogens with zero attached hydrogens (tertiary/aromatic N) is 2. The highest BCUT2D eigenvalue weighted by molar-refractivity contribution is 5.85. The summed E-state index contributed by atoms with van der Waals surface area (Å²) in [5, 5.41) is 6.93. The fraction of sp³-hybridized carbons (Fsp3) is 0.417. The van der Waals surface area contributed by atoms with E-state index < -0.39 is 0 Å². The third-order valence-corrected chi connectivity index (χ3v) is 5.11. The summed E-state index contributed by atoms with van der Waals surface area (Å²) in [6.45, 7) is 5.00. The van der Waals surface area contributed by atoms with Gasteiger partial charge in [-0.25, -0.2) is 4.99 Å². The first-order chi connectivity index (χ1) is 14.3. The van der Waals surface area contributed by atoms with Gasteiger partial charge in [-0.05, 0) is 31.9 Å². The molecule has 6 nitrogen and oxygen atoms in total. The van der Waals surface area contributed by atoms with Gasteiger partial charge in [-0.2, -0.15) is 0 Å². The molecule has 2 aromatic rings. The molecule has 30 heavy (non-hydrogen) atoms. The molecule has 2 aromatic carbocycles. The highest BCUT2D eigenvalue weighted by Crippen LogP contribution is 2.39. The zero-order valence-electron chi connectivity index (χ0n) is 18.3. The quantitative estimate of drug-likeness (QED) is 0.569. The predicted octanol–water partition coefficient (Wildman–Crippen LogP) is 3.15. The van der Waals surface area contributed by atoms with Gasteiger partial charge < -0.3 is 20.3 Å². The Balaban J connectivity index is 1.74. The summed E-state index contributed by atoms with van der Waals surface area (Å²) in [5.41, 5.74) is 2.07. The molecule has 3 rings (SSSR count). The van der Waals surface area contributed by atoms with E-state index in [1.54, 1.807) is 19.0 Å². The summed E-state index contributed by atoms with van der Waals surface area (Å²) in [4.78, 5) is 18.2. The van der Waals surface area contributed by atoms with E-state index in [2.05, 4.69) is 47.7 Å². The third-order valence-electron chi connectivity index (χ3n) is 5.11. The van der Waals surface area contributed by atoms with Crippen molar-refractivity contribution in [3.63, 3.8) is 0 Å². The first-order valence-electron chi connectivity index (χ1n) is 10.4. The van der Waals surface area contributed by atoms with Crippen molar-refractivity contribution in [1.82, 2.24) is 15.5 Å². The topological polar surface area (TPSA) is 66.0 Å². The zero-order chi connectivity index (χ0) is 21.6. The number of carbonyl (C=O) groups is 1. The number of carbonyl (C=O) groups excluding carboxylic acids is 1.